The number of nitrogens with zero attached hydrogens (tertiary/aromatic N) is 2. The van der Waals surface area contributed by atoms with Gasteiger partial charge in [0.15, 0.2) is 6.23 Å². The molecule has 0 spiro atoms. The van der Waals surface area contributed by atoms with E-state index >= 15 is 0 Å². The topological polar surface area (TPSA) is 65.5 Å². The van der Waals surface area contributed by atoms with Crippen LogP contribution in [0, 0.1) is 6.92 Å². The van der Waals surface area contributed by atoms with E-state index < -0.39 is 30.0 Å². The number of alkyl halides is 3. The third-order valence-electron chi connectivity index (χ3n) is 2.92. The molecule has 1 aliphatic rings. The van der Waals surface area contributed by atoms with Crippen molar-refractivity contribution in [3.63, 3.8) is 0 Å². The predicted molar refractivity (Wildman–Crippen MR) is 60.5 cm³/mol. The number of halogens is 3. The molecular formula is C11H12F3N3O2. The molecule has 5 nitrogen and oxygen atoms in total. The van der Waals surface area contributed by atoms with Gasteiger partial charge in [0.05, 0.1) is 11.6 Å². The number of urea groups is 1. The maximum absolute atomic E-state index is 12.8. The molecule has 0 radical (unpaired) electrons. The summed E-state index contributed by atoms with van der Waals surface area (Å²) in [7, 11) is 0. The van der Waals surface area contributed by atoms with Crippen molar-refractivity contribution in [3.8, 4) is 0 Å². The SMILES string of the molecule is Cc1cnc(N2C(=O)N[C@@H](C)C2O)cc1C(F)(F)F. The second kappa shape index (κ2) is 4.37. The normalized spacial score (nSPS) is 23.7. The van der Waals surface area contributed by atoms with E-state index in [1.807, 2.05) is 0 Å². The van der Waals surface area contributed by atoms with Gasteiger partial charge in [-0.25, -0.2) is 14.7 Å². The van der Waals surface area contributed by atoms with Gasteiger partial charge in [-0.3, -0.25) is 0 Å². The van der Waals surface area contributed by atoms with E-state index in [4.69, 9.17) is 0 Å². The van der Waals surface area contributed by atoms with Crippen molar-refractivity contribution >= 4 is 11.8 Å². The number of aromatic nitrogens is 1. The maximum Gasteiger partial charge on any atom is 0.416 e. The number of rotatable bonds is 1. The van der Waals surface area contributed by atoms with Crippen molar-refractivity contribution < 1.29 is 23.1 Å². The fourth-order valence-electron chi connectivity index (χ4n) is 1.87. The fourth-order valence-corrected chi connectivity index (χ4v) is 1.87. The van der Waals surface area contributed by atoms with E-state index in [2.05, 4.69) is 10.3 Å². The minimum Gasteiger partial charge on any atom is -0.371 e. The minimum atomic E-state index is -4.53. The predicted octanol–water partition coefficient (Wildman–Crippen LogP) is 1.65. The standard InChI is InChI=1S/C11H12F3N3O2/c1-5-4-15-8(3-7(5)11(12,13)14)17-9(18)6(2)16-10(17)19/h3-4,6,9,18H,1-2H3,(H,16,19)/t6-,9?/m0/s1. The lowest BCUT2D eigenvalue weighted by Gasteiger charge is -2.20. The van der Waals surface area contributed by atoms with Crippen LogP contribution >= 0.6 is 0 Å². The molecule has 1 unspecified atom stereocenters. The van der Waals surface area contributed by atoms with Gasteiger partial charge in [-0.15, -0.1) is 0 Å². The van der Waals surface area contributed by atoms with E-state index in [-0.39, 0.29) is 11.4 Å². The summed E-state index contributed by atoms with van der Waals surface area (Å²) in [6, 6.07) is -0.495. The van der Waals surface area contributed by atoms with Crippen molar-refractivity contribution in [3.05, 3.63) is 23.4 Å². The number of nitrogens with one attached hydrogen (secondary N) is 1. The third kappa shape index (κ3) is 2.35. The lowest BCUT2D eigenvalue weighted by molar-refractivity contribution is -0.138. The first-order chi connectivity index (χ1) is 8.71. The molecule has 2 amide bonds. The summed E-state index contributed by atoms with van der Waals surface area (Å²) in [4.78, 5) is 16.2. The highest BCUT2D eigenvalue weighted by Crippen LogP contribution is 2.34. The van der Waals surface area contributed by atoms with Crippen LogP contribution in [-0.4, -0.2) is 28.4 Å². The van der Waals surface area contributed by atoms with E-state index in [9.17, 15) is 23.1 Å². The number of hydrogen-bond donors (Lipinski definition) is 2. The lowest BCUT2D eigenvalue weighted by atomic mass is 10.1. The second-order valence-corrected chi connectivity index (χ2v) is 4.38. The van der Waals surface area contributed by atoms with Crippen LogP contribution in [0.4, 0.5) is 23.8 Å². The highest BCUT2D eigenvalue weighted by molar-refractivity contribution is 5.94. The number of pyridine rings is 1. The van der Waals surface area contributed by atoms with Crippen molar-refractivity contribution in [2.45, 2.75) is 32.3 Å². The molecule has 1 saturated heterocycles. The largest absolute Gasteiger partial charge is 0.416 e. The molecule has 0 bridgehead atoms. The Bertz CT molecular complexity index is 518. The van der Waals surface area contributed by atoms with Crippen LogP contribution < -0.4 is 10.2 Å². The number of aliphatic hydroxyl groups excluding tert-OH is 1. The molecule has 0 aliphatic carbocycles. The van der Waals surface area contributed by atoms with Gasteiger partial charge in [0.2, 0.25) is 0 Å². The number of amides is 2. The summed E-state index contributed by atoms with van der Waals surface area (Å²) in [5.41, 5.74) is -0.921. The molecule has 8 heteroatoms. The van der Waals surface area contributed by atoms with Gasteiger partial charge in [-0.2, -0.15) is 13.2 Å². The van der Waals surface area contributed by atoms with Crippen molar-refractivity contribution in [2.24, 2.45) is 0 Å². The van der Waals surface area contributed by atoms with E-state index in [1.165, 1.54) is 6.92 Å². The number of anilines is 1. The number of carbonyl (C=O) groups is 1. The van der Waals surface area contributed by atoms with Gasteiger partial charge in [0.1, 0.15) is 5.82 Å². The zero-order valence-corrected chi connectivity index (χ0v) is 10.2. The zero-order chi connectivity index (χ0) is 14.4. The number of aliphatic hydroxyl groups is 1. The summed E-state index contributed by atoms with van der Waals surface area (Å²) in [5, 5.41) is 12.2. The first-order valence-electron chi connectivity index (χ1n) is 5.53. The number of aryl methyl sites for hydroxylation is 1. The Labute approximate surface area is 107 Å². The van der Waals surface area contributed by atoms with Crippen LogP contribution in [0.1, 0.15) is 18.1 Å². The van der Waals surface area contributed by atoms with Crippen LogP contribution in [0.5, 0.6) is 0 Å². The first-order valence-corrected chi connectivity index (χ1v) is 5.53. The van der Waals surface area contributed by atoms with Crippen molar-refractivity contribution in [1.82, 2.24) is 10.3 Å². The third-order valence-corrected chi connectivity index (χ3v) is 2.92. The van der Waals surface area contributed by atoms with Crippen molar-refractivity contribution in [1.29, 1.82) is 0 Å². The molecule has 1 aromatic heterocycles. The molecule has 2 heterocycles. The number of carbonyl (C=O) groups excluding carboxylic acids is 1. The van der Waals surface area contributed by atoms with Gasteiger partial charge in [-0.05, 0) is 25.5 Å². The molecule has 2 rings (SSSR count). The zero-order valence-electron chi connectivity index (χ0n) is 10.2. The maximum atomic E-state index is 12.8. The van der Waals surface area contributed by atoms with Crippen LogP contribution in [-0.2, 0) is 6.18 Å². The fraction of sp³-hybridized carbons (Fsp3) is 0.455. The molecule has 1 fully saturated rings. The summed E-state index contributed by atoms with van der Waals surface area (Å²) in [6.07, 6.45) is -4.75. The molecule has 104 valence electrons. The van der Waals surface area contributed by atoms with Crippen LogP contribution in [0.15, 0.2) is 12.3 Å². The highest BCUT2D eigenvalue weighted by atomic mass is 19.4. The Morgan fingerprint density at radius 2 is 2.11 bits per heavy atom. The first kappa shape index (κ1) is 13.6. The van der Waals surface area contributed by atoms with Gasteiger partial charge in [-0.1, -0.05) is 0 Å². The smallest absolute Gasteiger partial charge is 0.371 e. The molecule has 2 N–H and O–H groups in total. The highest BCUT2D eigenvalue weighted by Gasteiger charge is 2.39. The summed E-state index contributed by atoms with van der Waals surface area (Å²) in [5.74, 6) is -0.229. The molecule has 2 atom stereocenters. The number of hydrogen-bond acceptors (Lipinski definition) is 3. The van der Waals surface area contributed by atoms with Crippen LogP contribution in [0.3, 0.4) is 0 Å². The second-order valence-electron chi connectivity index (χ2n) is 4.38. The average Bonchev–Trinajstić information content (AvgIpc) is 2.53. The van der Waals surface area contributed by atoms with Crippen molar-refractivity contribution in [2.75, 3.05) is 4.90 Å². The summed E-state index contributed by atoms with van der Waals surface area (Å²) in [6.45, 7) is 2.82. The molecular weight excluding hydrogens is 263 g/mol. The Morgan fingerprint density at radius 3 is 2.58 bits per heavy atom. The minimum absolute atomic E-state index is 0.0432. The van der Waals surface area contributed by atoms with Gasteiger partial charge >= 0.3 is 12.2 Å². The van der Waals surface area contributed by atoms with E-state index in [0.29, 0.717) is 0 Å². The van der Waals surface area contributed by atoms with Crippen LogP contribution in [0.25, 0.3) is 0 Å². The average molecular weight is 275 g/mol. The molecule has 1 aliphatic heterocycles. The summed E-state index contributed by atoms with van der Waals surface area (Å²) < 4.78 is 38.3. The van der Waals surface area contributed by atoms with Gasteiger partial charge in [0, 0.05) is 6.20 Å². The Hall–Kier alpha value is -1.83. The van der Waals surface area contributed by atoms with E-state index in [1.54, 1.807) is 6.92 Å². The molecule has 0 saturated carbocycles. The van der Waals surface area contributed by atoms with Gasteiger partial charge < -0.3 is 10.4 Å². The molecule has 19 heavy (non-hydrogen) atoms. The van der Waals surface area contributed by atoms with Gasteiger partial charge in [0.25, 0.3) is 0 Å². The van der Waals surface area contributed by atoms with E-state index in [0.717, 1.165) is 17.2 Å². The molecule has 0 aromatic carbocycles. The summed E-state index contributed by atoms with van der Waals surface area (Å²) >= 11 is 0. The Kier molecular flexibility index (Phi) is 3.13. The Balaban J connectivity index is 2.45. The quantitative estimate of drug-likeness (QED) is 0.819. The monoisotopic (exact) mass is 275 g/mol. The molecule has 1 aromatic rings. The Morgan fingerprint density at radius 1 is 1.47 bits per heavy atom. The lowest BCUT2D eigenvalue weighted by Crippen LogP contribution is -2.36. The van der Waals surface area contributed by atoms with Crippen LogP contribution in [0.2, 0.25) is 0 Å².